The summed E-state index contributed by atoms with van der Waals surface area (Å²) >= 11 is 24.7. The molecule has 20 heavy (non-hydrogen) atoms. The van der Waals surface area contributed by atoms with Gasteiger partial charge >= 0.3 is 160 Å². The van der Waals surface area contributed by atoms with E-state index in [4.69, 9.17) is 0 Å². The van der Waals surface area contributed by atoms with Gasteiger partial charge in [0.2, 0.25) is 0 Å². The van der Waals surface area contributed by atoms with Gasteiger partial charge in [-0.05, 0) is 0 Å². The number of hydrogen-bond donors (Lipinski definition) is 0. The van der Waals surface area contributed by atoms with Crippen molar-refractivity contribution >= 4 is 108 Å². The molecule has 1 spiro atoms. The van der Waals surface area contributed by atoms with E-state index in [2.05, 4.69) is 94.5 Å². The van der Waals surface area contributed by atoms with E-state index in [1.165, 1.54) is 33.7 Å². The summed E-state index contributed by atoms with van der Waals surface area (Å²) in [5.41, 5.74) is 0. The van der Waals surface area contributed by atoms with Gasteiger partial charge in [0.25, 0.3) is 0 Å². The van der Waals surface area contributed by atoms with Crippen molar-refractivity contribution < 1.29 is 6.51 Å². The molecule has 4 atom stereocenters. The topological polar surface area (TPSA) is 0 Å². The van der Waals surface area contributed by atoms with Crippen LogP contribution in [0.25, 0.3) is 0 Å². The van der Waals surface area contributed by atoms with Gasteiger partial charge in [0, 0.05) is 0 Å². The van der Waals surface area contributed by atoms with E-state index in [0.717, 1.165) is 8.43 Å². The Kier molecular flexibility index (Phi) is 0.640. The molecule has 0 nitrogen and oxygen atoms in total. The quantitative estimate of drug-likeness (QED) is 0.281. The Hall–Kier alpha value is 3.59. The minimum absolute atomic E-state index is 0.552. The first-order chi connectivity index (χ1) is 9.16. The SMILES string of the molecule is BrB(Br)[C]12[CH]3[CH]4[C]5(B(Br)Br)[C]1(B(Br)Br)[Fe]34251678[CH]2[CH]1[CH]6[CH]7[CH]28. The van der Waals surface area contributed by atoms with E-state index >= 15 is 0 Å². The van der Waals surface area contributed by atoms with E-state index in [-0.39, 0.29) is 0 Å². The van der Waals surface area contributed by atoms with Crippen molar-refractivity contribution in [2.24, 2.45) is 0 Å². The molecule has 0 aliphatic carbocycles. The summed E-state index contributed by atoms with van der Waals surface area (Å²) in [6.45, 7) is -3.48. The van der Waals surface area contributed by atoms with Gasteiger partial charge in [-0.2, -0.15) is 0 Å². The van der Waals surface area contributed by atoms with Crippen molar-refractivity contribution in [1.29, 1.82) is 0 Å². The van der Waals surface area contributed by atoms with E-state index in [1.807, 2.05) is 0 Å². The Balaban J connectivity index is 1.66. The molecule has 0 radical (unpaired) electrons. The van der Waals surface area contributed by atoms with Crippen molar-refractivity contribution in [2.45, 2.75) is 46.4 Å². The van der Waals surface area contributed by atoms with Crippen LogP contribution in [-0.4, -0.2) is 13.1 Å². The van der Waals surface area contributed by atoms with Gasteiger partial charge in [0.1, 0.15) is 0 Å². The van der Waals surface area contributed by atoms with Gasteiger partial charge in [-0.25, -0.2) is 0 Å². The summed E-state index contributed by atoms with van der Waals surface area (Å²) in [7, 11) is 0. The molecule has 10 saturated heterocycles. The van der Waals surface area contributed by atoms with Gasteiger partial charge < -0.3 is 0 Å². The third-order valence-electron chi connectivity index (χ3n) is 16.3. The average molecular weight is 695 g/mol. The van der Waals surface area contributed by atoms with Gasteiger partial charge in [0.05, 0.1) is 0 Å². The Labute approximate surface area is 158 Å². The standard InChI is InChI=1S/C5H2B3Br6.C5H5.Fe/c9-6(10)3-1-2-4(7(11)12)5(3)8(13)14;1-2-4-5-3-1;/h1-2H;1-5H;. The molecule has 0 amide bonds. The van der Waals surface area contributed by atoms with Crippen LogP contribution in [0.4, 0.5) is 0 Å². The van der Waals surface area contributed by atoms with Crippen molar-refractivity contribution in [3.05, 3.63) is 0 Å². The molecule has 10 rings (SSSR count). The Morgan fingerprint density at radius 3 is 1.10 bits per heavy atom. The molecule has 10 aliphatic rings. The maximum absolute atomic E-state index is 4.12. The molecule has 106 valence electrons. The molecule has 0 aromatic rings. The van der Waals surface area contributed by atoms with Crippen LogP contribution in [-0.2, 0) is 6.51 Å². The van der Waals surface area contributed by atoms with Crippen LogP contribution in [0.5, 0.6) is 0 Å². The van der Waals surface area contributed by atoms with E-state index in [1.54, 1.807) is 0 Å². The van der Waals surface area contributed by atoms with Crippen molar-refractivity contribution in [3.8, 4) is 0 Å². The average Bonchev–Trinajstić information content (AvgIpc) is 3.30. The third-order valence-corrected chi connectivity index (χ3v) is 67.0. The zero-order valence-corrected chi connectivity index (χ0v) is 20.5. The van der Waals surface area contributed by atoms with Crippen molar-refractivity contribution in [1.82, 2.24) is 0 Å². The summed E-state index contributed by atoms with van der Waals surface area (Å²) in [4.78, 5) is 8.85. The van der Waals surface area contributed by atoms with Crippen LogP contribution >= 0.6 is 94.5 Å². The molecule has 4 unspecified atom stereocenters. The van der Waals surface area contributed by atoms with Crippen LogP contribution in [0.2, 0.25) is 46.4 Å². The van der Waals surface area contributed by atoms with E-state index < -0.39 is 6.51 Å². The number of halogens is 6. The monoisotopic (exact) mass is 690 g/mol. The second kappa shape index (κ2) is 1.13. The first-order valence-corrected chi connectivity index (χ1v) is 18.8. The number of hydrogen-bond acceptors (Lipinski definition) is 0. The predicted octanol–water partition coefficient (Wildman–Crippen LogP) is 6.94. The molecule has 0 bridgehead atoms. The third kappa shape index (κ3) is 0.133. The fourth-order valence-corrected chi connectivity index (χ4v) is 124. The van der Waals surface area contributed by atoms with Crippen LogP contribution in [0.1, 0.15) is 0 Å². The van der Waals surface area contributed by atoms with Crippen LogP contribution in [0, 0.1) is 0 Å². The summed E-state index contributed by atoms with van der Waals surface area (Å²) in [5, 5.41) is 0. The van der Waals surface area contributed by atoms with Crippen LogP contribution in [0.3, 0.4) is 0 Å². The van der Waals surface area contributed by atoms with Crippen molar-refractivity contribution in [2.75, 3.05) is 0 Å². The zero-order chi connectivity index (χ0) is 13.6. The van der Waals surface area contributed by atoms with Gasteiger partial charge in [-0.1, -0.05) is 0 Å². The summed E-state index contributed by atoms with van der Waals surface area (Å²) in [6.07, 6.45) is 0. The second-order valence-electron chi connectivity index (χ2n) is 10.9. The normalized spacial score (nSPS) is 110. The number of fused-ring (bicyclic) bond motifs is 10. The molecular weight excluding hydrogens is 688 g/mol. The molecular formula is C10H7B3Br6Fe. The molecule has 0 N–H and O–H groups in total. The van der Waals surface area contributed by atoms with Crippen LogP contribution < -0.4 is 0 Å². The van der Waals surface area contributed by atoms with Crippen LogP contribution in [0.15, 0.2) is 0 Å². The molecule has 10 heterocycles. The molecule has 0 aromatic carbocycles. The molecule has 0 saturated carbocycles. The minimum atomic E-state index is -3.48. The maximum atomic E-state index is 4.12. The van der Waals surface area contributed by atoms with E-state index in [9.17, 15) is 0 Å². The fourth-order valence-electron chi connectivity index (χ4n) is 19.3. The number of rotatable bonds is 3. The molecule has 10 aliphatic heterocycles. The first kappa shape index (κ1) is 11.3. The molecule has 10 heteroatoms. The summed E-state index contributed by atoms with van der Waals surface area (Å²) in [5.74, 6) is 0. The Morgan fingerprint density at radius 2 is 0.950 bits per heavy atom. The Bertz CT molecular complexity index is 1050. The van der Waals surface area contributed by atoms with Gasteiger partial charge in [0.15, 0.2) is 0 Å². The first-order valence-electron chi connectivity index (χ1n) is 7.21. The van der Waals surface area contributed by atoms with Gasteiger partial charge in [-0.15, -0.1) is 0 Å². The zero-order valence-electron chi connectivity index (χ0n) is 9.89. The predicted molar refractivity (Wildman–Crippen MR) is 105 cm³/mol. The van der Waals surface area contributed by atoms with Gasteiger partial charge in [-0.3, -0.25) is 0 Å². The molecule has 10 fully saturated rings. The van der Waals surface area contributed by atoms with E-state index in [0.29, 0.717) is 17.3 Å². The summed E-state index contributed by atoms with van der Waals surface area (Å²) < 4.78 is 3.86. The molecule has 0 aromatic heterocycles. The Morgan fingerprint density at radius 1 is 0.600 bits per heavy atom. The summed E-state index contributed by atoms with van der Waals surface area (Å²) in [6, 6.07) is 0. The van der Waals surface area contributed by atoms with Crippen molar-refractivity contribution in [3.63, 3.8) is 0 Å². The second-order valence-corrected chi connectivity index (χ2v) is 43.1. The fraction of sp³-hybridized carbons (Fsp3) is 1.00.